The minimum atomic E-state index is -0.315. The van der Waals surface area contributed by atoms with Gasteiger partial charge < -0.3 is 10.6 Å². The molecule has 7 heteroatoms. The van der Waals surface area contributed by atoms with E-state index in [1.165, 1.54) is 12.3 Å². The molecule has 2 aromatic rings. The van der Waals surface area contributed by atoms with Gasteiger partial charge in [0.2, 0.25) is 0 Å². The number of ether oxygens (including phenoxy) is 1. The largest absolute Gasteiger partial charge is 0.457 e. The highest BCUT2D eigenvalue weighted by Gasteiger charge is 2.03. The van der Waals surface area contributed by atoms with Crippen LogP contribution in [0.25, 0.3) is 0 Å². The van der Waals surface area contributed by atoms with Gasteiger partial charge in [0.05, 0.1) is 11.9 Å². The van der Waals surface area contributed by atoms with Crippen molar-refractivity contribution >= 4 is 17.6 Å². The monoisotopic (exact) mass is 301 g/mol. The second-order valence-electron chi connectivity index (χ2n) is 4.59. The fourth-order valence-electron chi connectivity index (χ4n) is 1.58. The lowest BCUT2D eigenvalue weighted by atomic mass is 10.2. The number of aliphatic imine (C=N–C) groups is 1. The maximum atomic E-state index is 13.4. The van der Waals surface area contributed by atoms with E-state index in [1.54, 1.807) is 31.5 Å². The maximum absolute atomic E-state index is 13.4. The first kappa shape index (κ1) is 15.6. The van der Waals surface area contributed by atoms with E-state index in [1.807, 2.05) is 6.92 Å². The number of halogens is 1. The van der Waals surface area contributed by atoms with Crippen molar-refractivity contribution in [1.82, 2.24) is 9.97 Å². The molecule has 0 aliphatic carbocycles. The van der Waals surface area contributed by atoms with Crippen LogP contribution in [0.3, 0.4) is 0 Å². The Balaban J connectivity index is 2.02. The summed E-state index contributed by atoms with van der Waals surface area (Å²) in [5, 5.41) is 3.58. The van der Waals surface area contributed by atoms with Crippen LogP contribution in [0.15, 0.2) is 40.7 Å². The number of hydrogen-bond donors (Lipinski definition) is 1. The van der Waals surface area contributed by atoms with Crippen LogP contribution in [0.1, 0.15) is 11.1 Å². The number of hydrazone groups is 1. The summed E-state index contributed by atoms with van der Waals surface area (Å²) in [5.74, 6) is 4.98. The predicted molar refractivity (Wildman–Crippen MR) is 83.2 cm³/mol. The summed E-state index contributed by atoms with van der Waals surface area (Å²) in [4.78, 5) is 12.2. The first-order valence-corrected chi connectivity index (χ1v) is 6.57. The average Bonchev–Trinajstić information content (AvgIpc) is 2.53. The molecular weight excluding hydrogens is 285 g/mol. The third-order valence-corrected chi connectivity index (χ3v) is 2.86. The molecule has 1 aromatic heterocycles. The minimum absolute atomic E-state index is 0.0669. The van der Waals surface area contributed by atoms with Crippen LogP contribution in [0.4, 0.5) is 10.1 Å². The molecule has 0 atom stereocenters. The van der Waals surface area contributed by atoms with Crippen molar-refractivity contribution in [2.45, 2.75) is 13.8 Å². The SMILES string of the molecule is Cc1cnc(OCC(C=Nc2cccc(F)c2C)=NN)nc1. The molecule has 0 unspecified atom stereocenters. The van der Waals surface area contributed by atoms with Crippen molar-refractivity contribution in [1.29, 1.82) is 0 Å². The maximum Gasteiger partial charge on any atom is 0.316 e. The number of nitrogens with two attached hydrogens (primary N) is 1. The van der Waals surface area contributed by atoms with Gasteiger partial charge in [0.25, 0.3) is 0 Å². The number of aromatic nitrogens is 2. The summed E-state index contributed by atoms with van der Waals surface area (Å²) in [5.41, 5.74) is 2.28. The lowest BCUT2D eigenvalue weighted by Crippen LogP contribution is -2.16. The Morgan fingerprint density at radius 3 is 2.73 bits per heavy atom. The average molecular weight is 301 g/mol. The van der Waals surface area contributed by atoms with Crippen molar-refractivity contribution in [3.63, 3.8) is 0 Å². The van der Waals surface area contributed by atoms with Crippen LogP contribution in [-0.4, -0.2) is 28.5 Å². The fraction of sp³-hybridized carbons (Fsp3) is 0.200. The van der Waals surface area contributed by atoms with E-state index in [-0.39, 0.29) is 18.4 Å². The third-order valence-electron chi connectivity index (χ3n) is 2.86. The molecule has 0 fully saturated rings. The molecule has 1 aromatic carbocycles. The van der Waals surface area contributed by atoms with Gasteiger partial charge in [0.15, 0.2) is 0 Å². The molecule has 114 valence electrons. The van der Waals surface area contributed by atoms with E-state index in [0.29, 0.717) is 17.0 Å². The van der Waals surface area contributed by atoms with E-state index in [4.69, 9.17) is 10.6 Å². The topological polar surface area (TPSA) is 85.8 Å². The second kappa shape index (κ2) is 7.26. The molecule has 6 nitrogen and oxygen atoms in total. The van der Waals surface area contributed by atoms with Gasteiger partial charge in [-0.2, -0.15) is 5.10 Å². The van der Waals surface area contributed by atoms with E-state index in [2.05, 4.69) is 20.1 Å². The van der Waals surface area contributed by atoms with Gasteiger partial charge in [-0.25, -0.2) is 14.4 Å². The molecule has 0 aliphatic rings. The summed E-state index contributed by atoms with van der Waals surface area (Å²) in [6.07, 6.45) is 4.72. The van der Waals surface area contributed by atoms with E-state index < -0.39 is 0 Å². The van der Waals surface area contributed by atoms with Gasteiger partial charge in [-0.3, -0.25) is 4.99 Å². The highest BCUT2D eigenvalue weighted by Crippen LogP contribution is 2.19. The third kappa shape index (κ3) is 4.08. The van der Waals surface area contributed by atoms with Gasteiger partial charge in [-0.05, 0) is 31.5 Å². The second-order valence-corrected chi connectivity index (χ2v) is 4.59. The molecular formula is C15H16FN5O. The van der Waals surface area contributed by atoms with Crippen molar-refractivity contribution in [2.24, 2.45) is 15.9 Å². The molecule has 0 bridgehead atoms. The Bertz CT molecular complexity index is 698. The van der Waals surface area contributed by atoms with Crippen molar-refractivity contribution < 1.29 is 9.13 Å². The van der Waals surface area contributed by atoms with Crippen LogP contribution >= 0.6 is 0 Å². The van der Waals surface area contributed by atoms with Gasteiger partial charge in [-0.15, -0.1) is 0 Å². The molecule has 0 saturated heterocycles. The van der Waals surface area contributed by atoms with E-state index in [0.717, 1.165) is 5.56 Å². The van der Waals surface area contributed by atoms with Gasteiger partial charge in [0.1, 0.15) is 18.1 Å². The van der Waals surface area contributed by atoms with Crippen molar-refractivity contribution in [3.8, 4) is 6.01 Å². The summed E-state index contributed by atoms with van der Waals surface area (Å²) >= 11 is 0. The van der Waals surface area contributed by atoms with Crippen molar-refractivity contribution in [3.05, 3.63) is 47.5 Å². The quantitative estimate of drug-likeness (QED) is 0.521. The Hall–Kier alpha value is -2.83. The summed E-state index contributed by atoms with van der Waals surface area (Å²) < 4.78 is 18.8. The highest BCUT2D eigenvalue weighted by molar-refractivity contribution is 6.31. The van der Waals surface area contributed by atoms with Crippen LogP contribution in [0, 0.1) is 19.7 Å². The number of hydrogen-bond acceptors (Lipinski definition) is 6. The normalized spacial score (nSPS) is 11.9. The molecule has 0 saturated carbocycles. The van der Waals surface area contributed by atoms with Crippen molar-refractivity contribution in [2.75, 3.05) is 6.61 Å². The van der Waals surface area contributed by atoms with Gasteiger partial charge in [0, 0.05) is 18.0 Å². The molecule has 0 spiro atoms. The molecule has 1 heterocycles. The number of benzene rings is 1. The molecule has 22 heavy (non-hydrogen) atoms. The zero-order valence-corrected chi connectivity index (χ0v) is 12.3. The van der Waals surface area contributed by atoms with Crippen LogP contribution in [0.2, 0.25) is 0 Å². The standard InChI is InChI=1S/C15H16FN5O/c1-10-6-19-15(20-7-10)22-9-12(21-17)8-18-14-5-3-4-13(16)11(14)2/h3-8H,9,17H2,1-2H3. The van der Waals surface area contributed by atoms with Crippen LogP contribution in [0.5, 0.6) is 6.01 Å². The Kier molecular flexibility index (Phi) is 5.13. The van der Waals surface area contributed by atoms with E-state index >= 15 is 0 Å². The van der Waals surface area contributed by atoms with Crippen LogP contribution in [-0.2, 0) is 0 Å². The minimum Gasteiger partial charge on any atom is -0.457 e. The zero-order chi connectivity index (χ0) is 15.9. The fourth-order valence-corrected chi connectivity index (χ4v) is 1.58. The Morgan fingerprint density at radius 1 is 1.32 bits per heavy atom. The number of nitrogens with zero attached hydrogens (tertiary/aromatic N) is 4. The Labute approximate surface area is 127 Å². The summed E-state index contributed by atoms with van der Waals surface area (Å²) in [7, 11) is 0. The van der Waals surface area contributed by atoms with E-state index in [9.17, 15) is 4.39 Å². The first-order valence-electron chi connectivity index (χ1n) is 6.57. The highest BCUT2D eigenvalue weighted by atomic mass is 19.1. The summed E-state index contributed by atoms with van der Waals surface area (Å²) in [6, 6.07) is 4.89. The molecule has 2 rings (SSSR count). The van der Waals surface area contributed by atoms with Gasteiger partial charge >= 0.3 is 6.01 Å². The summed E-state index contributed by atoms with van der Waals surface area (Å²) in [6.45, 7) is 3.60. The lowest BCUT2D eigenvalue weighted by Gasteiger charge is -2.04. The molecule has 0 amide bonds. The molecule has 0 aliphatic heterocycles. The Morgan fingerprint density at radius 2 is 2.05 bits per heavy atom. The predicted octanol–water partition coefficient (Wildman–Crippen LogP) is 2.33. The van der Waals surface area contributed by atoms with Crippen LogP contribution < -0.4 is 10.6 Å². The smallest absolute Gasteiger partial charge is 0.316 e. The van der Waals surface area contributed by atoms with Gasteiger partial charge in [-0.1, -0.05) is 6.07 Å². The molecule has 2 N–H and O–H groups in total. The lowest BCUT2D eigenvalue weighted by molar-refractivity contribution is 0.346. The number of aryl methyl sites for hydroxylation is 1. The zero-order valence-electron chi connectivity index (χ0n) is 12.3. The number of rotatable bonds is 5. The molecule has 0 radical (unpaired) electrons. The first-order chi connectivity index (χ1) is 10.6.